The van der Waals surface area contributed by atoms with Crippen LogP contribution in [0.25, 0.3) is 10.8 Å². The molecule has 7 heteroatoms. The second-order valence-corrected chi connectivity index (χ2v) is 5.45. The molecule has 1 fully saturated rings. The molecule has 2 N–H and O–H groups in total. The highest BCUT2D eigenvalue weighted by Gasteiger charge is 2.25. The third kappa shape index (κ3) is 2.45. The Morgan fingerprint density at radius 3 is 2.64 bits per heavy atom. The summed E-state index contributed by atoms with van der Waals surface area (Å²) >= 11 is 0. The first-order valence-electron chi connectivity index (χ1n) is 7.13. The monoisotopic (exact) mass is 300 g/mol. The van der Waals surface area contributed by atoms with Crippen molar-refractivity contribution in [2.45, 2.75) is 12.8 Å². The van der Waals surface area contributed by atoms with E-state index in [2.05, 4.69) is 9.88 Å². The van der Waals surface area contributed by atoms with E-state index >= 15 is 0 Å². The molecule has 1 aliphatic rings. The zero-order chi connectivity index (χ0) is 15.7. The highest BCUT2D eigenvalue weighted by Crippen LogP contribution is 2.34. The number of carbonyl (C=O) groups is 1. The molecule has 0 saturated carbocycles. The van der Waals surface area contributed by atoms with Crippen LogP contribution in [0.3, 0.4) is 0 Å². The highest BCUT2D eigenvalue weighted by molar-refractivity contribution is 5.99. The van der Waals surface area contributed by atoms with Crippen LogP contribution in [0.1, 0.15) is 12.8 Å². The predicted molar refractivity (Wildman–Crippen MR) is 82.5 cm³/mol. The fraction of sp³-hybridized carbons (Fsp3) is 0.333. The summed E-state index contributed by atoms with van der Waals surface area (Å²) in [5, 5.41) is 12.5. The van der Waals surface area contributed by atoms with E-state index in [1.165, 1.54) is 12.3 Å². The van der Waals surface area contributed by atoms with Crippen LogP contribution >= 0.6 is 0 Å². The Morgan fingerprint density at radius 2 is 2.00 bits per heavy atom. The van der Waals surface area contributed by atoms with Gasteiger partial charge in [0.2, 0.25) is 5.91 Å². The largest absolute Gasteiger partial charge is 0.371 e. The zero-order valence-electron chi connectivity index (χ0n) is 11.9. The summed E-state index contributed by atoms with van der Waals surface area (Å²) in [5.41, 5.74) is 6.34. The van der Waals surface area contributed by atoms with E-state index in [0.29, 0.717) is 31.3 Å². The Balaban J connectivity index is 1.97. The molecule has 1 amide bonds. The van der Waals surface area contributed by atoms with Gasteiger partial charge in [-0.1, -0.05) is 0 Å². The Hall–Kier alpha value is -2.70. The van der Waals surface area contributed by atoms with Crippen LogP contribution in [0.5, 0.6) is 0 Å². The molecule has 0 aliphatic carbocycles. The summed E-state index contributed by atoms with van der Waals surface area (Å²) in [4.78, 5) is 28.1. The Morgan fingerprint density at radius 1 is 1.27 bits per heavy atom. The van der Waals surface area contributed by atoms with Crippen LogP contribution in [0.4, 0.5) is 11.4 Å². The van der Waals surface area contributed by atoms with Crippen LogP contribution in [-0.4, -0.2) is 28.9 Å². The van der Waals surface area contributed by atoms with Crippen molar-refractivity contribution in [3.05, 3.63) is 40.7 Å². The minimum absolute atomic E-state index is 0.0545. The number of amides is 1. The van der Waals surface area contributed by atoms with Crippen LogP contribution in [0, 0.1) is 16.0 Å². The Bertz CT molecular complexity index is 739. The Kier molecular flexibility index (Phi) is 3.62. The van der Waals surface area contributed by atoms with Gasteiger partial charge in [-0.2, -0.15) is 0 Å². The molecule has 0 atom stereocenters. The molecular formula is C15H16N4O3. The van der Waals surface area contributed by atoms with Crippen molar-refractivity contribution < 1.29 is 9.72 Å². The second kappa shape index (κ2) is 5.59. The predicted octanol–water partition coefficient (Wildman–Crippen LogP) is 1.84. The molecule has 1 aromatic heterocycles. The van der Waals surface area contributed by atoms with Gasteiger partial charge in [0.15, 0.2) is 0 Å². The van der Waals surface area contributed by atoms with Gasteiger partial charge in [0, 0.05) is 48.5 Å². The first-order chi connectivity index (χ1) is 10.6. The number of hydrogen-bond acceptors (Lipinski definition) is 5. The lowest BCUT2D eigenvalue weighted by Gasteiger charge is -2.33. The minimum Gasteiger partial charge on any atom is -0.371 e. The van der Waals surface area contributed by atoms with Crippen molar-refractivity contribution in [1.29, 1.82) is 0 Å². The van der Waals surface area contributed by atoms with Gasteiger partial charge in [-0.15, -0.1) is 0 Å². The van der Waals surface area contributed by atoms with Crippen LogP contribution in [-0.2, 0) is 4.79 Å². The van der Waals surface area contributed by atoms with Gasteiger partial charge in [-0.25, -0.2) is 0 Å². The lowest BCUT2D eigenvalue weighted by molar-refractivity contribution is -0.383. The third-order valence-corrected chi connectivity index (χ3v) is 4.21. The summed E-state index contributed by atoms with van der Waals surface area (Å²) in [6, 6.07) is 5.07. The van der Waals surface area contributed by atoms with Crippen molar-refractivity contribution in [3.8, 4) is 0 Å². The molecule has 3 rings (SSSR count). The number of rotatable bonds is 3. The average Bonchev–Trinajstić information content (AvgIpc) is 2.53. The molecule has 0 bridgehead atoms. The van der Waals surface area contributed by atoms with Crippen molar-refractivity contribution in [1.82, 2.24) is 4.98 Å². The van der Waals surface area contributed by atoms with E-state index < -0.39 is 4.92 Å². The maximum absolute atomic E-state index is 11.3. The number of pyridine rings is 1. The smallest absolute Gasteiger partial charge is 0.278 e. The summed E-state index contributed by atoms with van der Waals surface area (Å²) in [5.74, 6) is -0.334. The molecule has 1 saturated heterocycles. The zero-order valence-corrected chi connectivity index (χ0v) is 11.9. The number of hydrogen-bond donors (Lipinski definition) is 1. The van der Waals surface area contributed by atoms with Gasteiger partial charge in [0.05, 0.1) is 10.3 Å². The number of nitrogens with zero attached hydrogens (tertiary/aromatic N) is 3. The molecule has 0 spiro atoms. The summed E-state index contributed by atoms with van der Waals surface area (Å²) < 4.78 is 0. The number of benzene rings is 1. The first kappa shape index (κ1) is 14.2. The molecule has 1 aromatic carbocycles. The van der Waals surface area contributed by atoms with E-state index in [-0.39, 0.29) is 17.5 Å². The molecule has 2 aromatic rings. The van der Waals surface area contributed by atoms with E-state index in [1.807, 2.05) is 0 Å². The SMILES string of the molecule is NC(=O)C1CCN(c2ccc([N+](=O)[O-])c3cnccc23)CC1. The normalized spacial score (nSPS) is 15.9. The van der Waals surface area contributed by atoms with Crippen LogP contribution < -0.4 is 10.6 Å². The van der Waals surface area contributed by atoms with E-state index in [9.17, 15) is 14.9 Å². The molecule has 7 nitrogen and oxygen atoms in total. The lowest BCUT2D eigenvalue weighted by Crippen LogP contribution is -2.38. The number of fused-ring (bicyclic) bond motifs is 1. The summed E-state index contributed by atoms with van der Waals surface area (Å²) in [7, 11) is 0. The minimum atomic E-state index is -0.396. The first-order valence-corrected chi connectivity index (χ1v) is 7.13. The van der Waals surface area contributed by atoms with Gasteiger partial charge in [-0.3, -0.25) is 19.9 Å². The highest BCUT2D eigenvalue weighted by atomic mass is 16.6. The van der Waals surface area contributed by atoms with Gasteiger partial charge in [0.25, 0.3) is 5.69 Å². The van der Waals surface area contributed by atoms with Crippen molar-refractivity contribution in [3.63, 3.8) is 0 Å². The van der Waals surface area contributed by atoms with Gasteiger partial charge in [-0.05, 0) is 25.0 Å². The number of anilines is 1. The molecule has 0 radical (unpaired) electrons. The number of nitrogens with two attached hydrogens (primary N) is 1. The summed E-state index contributed by atoms with van der Waals surface area (Å²) in [6.45, 7) is 1.42. The van der Waals surface area contributed by atoms with Crippen molar-refractivity contribution in [2.24, 2.45) is 11.7 Å². The van der Waals surface area contributed by atoms with E-state index in [1.54, 1.807) is 18.3 Å². The van der Waals surface area contributed by atoms with Gasteiger partial charge < -0.3 is 10.6 Å². The van der Waals surface area contributed by atoms with Crippen LogP contribution in [0.2, 0.25) is 0 Å². The summed E-state index contributed by atoms with van der Waals surface area (Å²) in [6.07, 6.45) is 4.57. The number of piperidine rings is 1. The maximum atomic E-state index is 11.3. The number of nitro benzene ring substituents is 1. The topological polar surface area (TPSA) is 102 Å². The molecular weight excluding hydrogens is 284 g/mol. The molecule has 22 heavy (non-hydrogen) atoms. The molecule has 1 aliphatic heterocycles. The van der Waals surface area contributed by atoms with Gasteiger partial charge >= 0.3 is 0 Å². The Labute approximate surface area is 126 Å². The number of nitro groups is 1. The number of carbonyl (C=O) groups excluding carboxylic acids is 1. The third-order valence-electron chi connectivity index (χ3n) is 4.21. The molecule has 0 unspecified atom stereocenters. The lowest BCUT2D eigenvalue weighted by atomic mass is 9.95. The number of aromatic nitrogens is 1. The fourth-order valence-corrected chi connectivity index (χ4v) is 3.00. The number of primary amides is 1. The average molecular weight is 300 g/mol. The van der Waals surface area contributed by atoms with E-state index in [0.717, 1.165) is 11.1 Å². The standard InChI is InChI=1S/C15H16N4O3/c16-15(20)10-4-7-18(8-5-10)13-1-2-14(19(21)22)12-9-17-6-3-11(12)13/h1-3,6,9-10H,4-5,7-8H2,(H2,16,20). The quantitative estimate of drug-likeness (QED) is 0.688. The maximum Gasteiger partial charge on any atom is 0.278 e. The van der Waals surface area contributed by atoms with Crippen molar-refractivity contribution >= 4 is 28.1 Å². The second-order valence-electron chi connectivity index (χ2n) is 5.45. The van der Waals surface area contributed by atoms with Crippen LogP contribution in [0.15, 0.2) is 30.6 Å². The van der Waals surface area contributed by atoms with Gasteiger partial charge in [0.1, 0.15) is 0 Å². The molecule has 2 heterocycles. The van der Waals surface area contributed by atoms with E-state index in [4.69, 9.17) is 5.73 Å². The molecule has 114 valence electrons. The number of non-ortho nitro benzene ring substituents is 1. The fourth-order valence-electron chi connectivity index (χ4n) is 3.00. The van der Waals surface area contributed by atoms with Crippen molar-refractivity contribution in [2.75, 3.05) is 18.0 Å².